The molecule has 1 saturated carbocycles. The summed E-state index contributed by atoms with van der Waals surface area (Å²) in [5, 5.41) is 0. The summed E-state index contributed by atoms with van der Waals surface area (Å²) in [5.41, 5.74) is 0. The second-order valence-electron chi connectivity index (χ2n) is 2.17. The molecule has 1 rings (SSSR count). The van der Waals surface area contributed by atoms with Gasteiger partial charge in [0.25, 0.3) is 0 Å². The predicted octanol–water partition coefficient (Wildman–Crippen LogP) is 2.56. The number of hydrogen-bond donors (Lipinski definition) is 0. The number of halogens is 1. The molecule has 0 saturated heterocycles. The van der Waals surface area contributed by atoms with Gasteiger partial charge in [0, 0.05) is 3.92 Å². The van der Waals surface area contributed by atoms with E-state index in [1.54, 1.807) is 0 Å². The van der Waals surface area contributed by atoms with Gasteiger partial charge in [-0.3, -0.25) is 0 Å². The van der Waals surface area contributed by atoms with Crippen molar-refractivity contribution in [1.82, 2.24) is 0 Å². The van der Waals surface area contributed by atoms with E-state index in [1.165, 1.54) is 17.9 Å². The zero-order chi connectivity index (χ0) is 5.98. The van der Waals surface area contributed by atoms with Gasteiger partial charge in [-0.25, -0.2) is 0 Å². The van der Waals surface area contributed by atoms with Crippen LogP contribution in [0, 0.1) is 5.92 Å². The maximum absolute atomic E-state index is 2.54. The highest BCUT2D eigenvalue weighted by Gasteiger charge is 2.33. The topological polar surface area (TPSA) is 0 Å². The first-order valence-electron chi connectivity index (χ1n) is 3.06. The smallest absolute Gasteiger partial charge is 0.0149 e. The van der Waals surface area contributed by atoms with Crippen LogP contribution in [0.15, 0.2) is 0 Å². The van der Waals surface area contributed by atoms with Gasteiger partial charge < -0.3 is 0 Å². The Morgan fingerprint density at radius 1 is 1.75 bits per heavy atom. The molecule has 1 aliphatic carbocycles. The van der Waals surface area contributed by atoms with E-state index in [1.807, 2.05) is 0 Å². The van der Waals surface area contributed by atoms with Crippen LogP contribution in [0.5, 0.6) is 0 Å². The van der Waals surface area contributed by atoms with E-state index in [0.29, 0.717) is 0 Å². The first-order chi connectivity index (χ1) is 3.84. The minimum absolute atomic E-state index is 1.02. The van der Waals surface area contributed by atoms with Gasteiger partial charge in [-0.2, -0.15) is 11.8 Å². The van der Waals surface area contributed by atoms with E-state index < -0.39 is 0 Å². The molecule has 2 heteroatoms. The molecule has 0 aliphatic heterocycles. The van der Waals surface area contributed by atoms with Crippen molar-refractivity contribution >= 4 is 34.4 Å². The van der Waals surface area contributed by atoms with Crippen LogP contribution in [0.1, 0.15) is 13.3 Å². The van der Waals surface area contributed by atoms with Gasteiger partial charge in [0.1, 0.15) is 0 Å². The van der Waals surface area contributed by atoms with E-state index in [0.717, 1.165) is 9.84 Å². The Morgan fingerprint density at radius 3 is 2.75 bits per heavy atom. The zero-order valence-corrected chi connectivity index (χ0v) is 8.04. The van der Waals surface area contributed by atoms with Crippen LogP contribution in [-0.4, -0.2) is 15.4 Å². The molecule has 0 unspecified atom stereocenters. The van der Waals surface area contributed by atoms with Crippen molar-refractivity contribution in [2.45, 2.75) is 17.3 Å². The third-order valence-electron chi connectivity index (χ3n) is 1.37. The summed E-state index contributed by atoms with van der Waals surface area (Å²) in [6, 6.07) is 0. The molecule has 8 heavy (non-hydrogen) atoms. The quantitative estimate of drug-likeness (QED) is 0.541. The van der Waals surface area contributed by atoms with Gasteiger partial charge in [0.05, 0.1) is 0 Å². The third-order valence-corrected chi connectivity index (χ3v) is 3.97. The summed E-state index contributed by atoms with van der Waals surface area (Å²) in [6.07, 6.45) is 1.48. The Bertz CT molecular complexity index is 74.9. The van der Waals surface area contributed by atoms with Crippen molar-refractivity contribution in [1.29, 1.82) is 0 Å². The van der Waals surface area contributed by atoms with Gasteiger partial charge in [-0.1, -0.05) is 29.5 Å². The third kappa shape index (κ3) is 2.13. The van der Waals surface area contributed by atoms with Crippen LogP contribution in [0.4, 0.5) is 0 Å². The van der Waals surface area contributed by atoms with Crippen LogP contribution in [0.25, 0.3) is 0 Å². The van der Waals surface area contributed by atoms with Gasteiger partial charge in [-0.05, 0) is 23.8 Å². The Hall–Kier alpha value is 1.08. The van der Waals surface area contributed by atoms with Crippen molar-refractivity contribution in [2.24, 2.45) is 5.92 Å². The molecule has 1 fully saturated rings. The lowest BCUT2D eigenvalue weighted by atomic mass is 10.5. The molecule has 48 valence electrons. The molecular weight excluding hydrogens is 231 g/mol. The van der Waals surface area contributed by atoms with Crippen molar-refractivity contribution < 1.29 is 0 Å². The fraction of sp³-hybridized carbons (Fsp3) is 1.00. The first-order valence-corrected chi connectivity index (χ1v) is 5.46. The van der Waals surface area contributed by atoms with Gasteiger partial charge in [-0.15, -0.1) is 0 Å². The lowest BCUT2D eigenvalue weighted by Gasteiger charge is -1.91. The number of thioether (sulfide) groups is 1. The summed E-state index contributed by atoms with van der Waals surface area (Å²) < 4.78 is 1.02. The molecule has 1 aliphatic rings. The maximum atomic E-state index is 2.54. The van der Waals surface area contributed by atoms with E-state index in [4.69, 9.17) is 0 Å². The summed E-state index contributed by atoms with van der Waals surface area (Å²) in [7, 11) is 0. The Balaban J connectivity index is 1.89. The van der Waals surface area contributed by atoms with Crippen molar-refractivity contribution in [3.63, 3.8) is 0 Å². The molecule has 0 aromatic heterocycles. The summed E-state index contributed by atoms with van der Waals surface area (Å²) in [5.74, 6) is 3.77. The molecule has 0 N–H and O–H groups in total. The Morgan fingerprint density at radius 2 is 2.38 bits per heavy atom. The van der Waals surface area contributed by atoms with Crippen LogP contribution < -0.4 is 0 Å². The molecule has 2 atom stereocenters. The average Bonchev–Trinajstić information content (AvgIpc) is 2.42. The monoisotopic (exact) mass is 242 g/mol. The zero-order valence-electron chi connectivity index (χ0n) is 5.06. The molecule has 0 aromatic carbocycles. The predicted molar refractivity (Wildman–Crippen MR) is 48.9 cm³/mol. The molecule has 0 aromatic rings. The van der Waals surface area contributed by atoms with E-state index >= 15 is 0 Å². The molecule has 0 nitrogen and oxygen atoms in total. The Labute approximate surface area is 68.9 Å². The fourth-order valence-corrected chi connectivity index (χ4v) is 2.81. The minimum Gasteiger partial charge on any atom is -0.162 e. The molecule has 0 heterocycles. The van der Waals surface area contributed by atoms with Crippen molar-refractivity contribution in [3.8, 4) is 0 Å². The largest absolute Gasteiger partial charge is 0.162 e. The molecular formula is C6H11IS. The van der Waals surface area contributed by atoms with Crippen LogP contribution >= 0.6 is 34.4 Å². The summed E-state index contributed by atoms with van der Waals surface area (Å²) >= 11 is 4.62. The lowest BCUT2D eigenvalue weighted by Crippen LogP contribution is -1.83. The minimum atomic E-state index is 1.02. The SMILES string of the molecule is CCSC[C@H]1C[C@H]1I. The van der Waals surface area contributed by atoms with Gasteiger partial charge in [0.15, 0.2) is 0 Å². The Kier molecular flexibility index (Phi) is 2.97. The van der Waals surface area contributed by atoms with E-state index in [2.05, 4.69) is 41.3 Å². The highest BCUT2D eigenvalue weighted by atomic mass is 127. The highest BCUT2D eigenvalue weighted by molar-refractivity contribution is 14.1. The van der Waals surface area contributed by atoms with Gasteiger partial charge in [0.2, 0.25) is 0 Å². The van der Waals surface area contributed by atoms with Crippen molar-refractivity contribution in [2.75, 3.05) is 11.5 Å². The van der Waals surface area contributed by atoms with Crippen LogP contribution in [-0.2, 0) is 0 Å². The van der Waals surface area contributed by atoms with E-state index in [-0.39, 0.29) is 0 Å². The second-order valence-corrected chi connectivity index (χ2v) is 5.09. The summed E-state index contributed by atoms with van der Waals surface area (Å²) in [6.45, 7) is 2.23. The second kappa shape index (κ2) is 3.30. The number of rotatable bonds is 3. The molecule has 0 amide bonds. The summed E-state index contributed by atoms with van der Waals surface area (Å²) in [4.78, 5) is 0. The molecule has 0 radical (unpaired) electrons. The van der Waals surface area contributed by atoms with Gasteiger partial charge >= 0.3 is 0 Å². The normalized spacial score (nSPS) is 35.2. The van der Waals surface area contributed by atoms with Crippen molar-refractivity contribution in [3.05, 3.63) is 0 Å². The first kappa shape index (κ1) is 7.19. The standard InChI is InChI=1S/C6H11IS/c1-2-8-4-5-3-6(5)7/h5-6H,2-4H2,1H3/t5-,6-/m1/s1. The fourth-order valence-electron chi connectivity index (χ4n) is 0.652. The highest BCUT2D eigenvalue weighted by Crippen LogP contribution is 2.40. The maximum Gasteiger partial charge on any atom is 0.0149 e. The number of hydrogen-bond acceptors (Lipinski definition) is 1. The molecule has 0 spiro atoms. The van der Waals surface area contributed by atoms with Crippen LogP contribution in [0.2, 0.25) is 0 Å². The van der Waals surface area contributed by atoms with E-state index in [9.17, 15) is 0 Å². The molecule has 0 bridgehead atoms. The number of alkyl halides is 1. The lowest BCUT2D eigenvalue weighted by molar-refractivity contribution is 1.01. The average molecular weight is 242 g/mol. The van der Waals surface area contributed by atoms with Crippen LogP contribution in [0.3, 0.4) is 0 Å².